The average molecular weight is 336 g/mol. The van der Waals surface area contributed by atoms with Gasteiger partial charge in [-0.3, -0.25) is 0 Å². The van der Waals surface area contributed by atoms with Gasteiger partial charge in [-0.05, 0) is 38.5 Å². The first-order valence-electron chi connectivity index (χ1n) is 8.70. The second kappa shape index (κ2) is 9.54. The summed E-state index contributed by atoms with van der Waals surface area (Å²) < 4.78 is 10.9. The van der Waals surface area contributed by atoms with Crippen LogP contribution in [0.15, 0.2) is 46.9 Å². The Bertz CT molecular complexity index is 786. The summed E-state index contributed by atoms with van der Waals surface area (Å²) in [6.45, 7) is 6.05. The monoisotopic (exact) mass is 336 g/mol. The maximum absolute atomic E-state index is 12.0. The highest BCUT2D eigenvalue weighted by Gasteiger charge is 2.17. The van der Waals surface area contributed by atoms with Crippen LogP contribution >= 0.6 is 0 Å². The van der Waals surface area contributed by atoms with Gasteiger partial charge in [0.2, 0.25) is 0 Å². The van der Waals surface area contributed by atoms with Gasteiger partial charge in [-0.15, -0.1) is 0 Å². The summed E-state index contributed by atoms with van der Waals surface area (Å²) in [5.74, 6) is 7.15. The lowest BCUT2D eigenvalue weighted by atomic mass is 10.1. The summed E-state index contributed by atoms with van der Waals surface area (Å²) in [4.78, 5) is 12.0. The third-order valence-corrected chi connectivity index (χ3v) is 3.70. The average Bonchev–Trinajstić information content (AvgIpc) is 3.01. The molecule has 3 nitrogen and oxygen atoms in total. The maximum Gasteiger partial charge on any atom is 0.341 e. The number of unbranched alkanes of at least 4 members (excludes halogenated alkanes) is 2. The number of ether oxygens (including phenoxy) is 1. The number of hydrogen-bond acceptors (Lipinski definition) is 3. The molecule has 1 aromatic carbocycles. The number of carbonyl (C=O) groups is 1. The van der Waals surface area contributed by atoms with Gasteiger partial charge in [0.1, 0.15) is 17.1 Å². The Balaban J connectivity index is 2.33. The van der Waals surface area contributed by atoms with Crippen molar-refractivity contribution in [2.75, 3.05) is 6.61 Å². The highest BCUT2D eigenvalue weighted by Crippen LogP contribution is 2.23. The van der Waals surface area contributed by atoms with Crippen molar-refractivity contribution in [2.24, 2.45) is 0 Å². The highest BCUT2D eigenvalue weighted by molar-refractivity contribution is 5.92. The molecule has 130 valence electrons. The summed E-state index contributed by atoms with van der Waals surface area (Å²) in [5.41, 5.74) is 2.20. The van der Waals surface area contributed by atoms with Crippen molar-refractivity contribution in [1.29, 1.82) is 0 Å². The summed E-state index contributed by atoms with van der Waals surface area (Å²) in [7, 11) is 0. The molecule has 0 atom stereocenters. The molecule has 0 unspecified atom stereocenters. The minimum Gasteiger partial charge on any atom is -0.462 e. The number of carbonyl (C=O) groups excluding carboxylic acids is 1. The van der Waals surface area contributed by atoms with Gasteiger partial charge in [-0.1, -0.05) is 55.9 Å². The SMILES string of the molecule is CCCC/C=C(/C#Cc1ccccc1)c1cc(C(=O)OCC)c(C)o1. The summed E-state index contributed by atoms with van der Waals surface area (Å²) in [6, 6.07) is 11.5. The molecule has 0 radical (unpaired) electrons. The van der Waals surface area contributed by atoms with Crippen LogP contribution in [0.2, 0.25) is 0 Å². The van der Waals surface area contributed by atoms with Gasteiger partial charge in [0.15, 0.2) is 0 Å². The van der Waals surface area contributed by atoms with E-state index in [0.717, 1.165) is 30.4 Å². The highest BCUT2D eigenvalue weighted by atomic mass is 16.5. The minimum absolute atomic E-state index is 0.339. The molecule has 0 bridgehead atoms. The molecule has 0 aliphatic rings. The molecule has 1 heterocycles. The number of allylic oxidation sites excluding steroid dienone is 2. The van der Waals surface area contributed by atoms with Crippen LogP contribution in [0.4, 0.5) is 0 Å². The van der Waals surface area contributed by atoms with E-state index in [-0.39, 0.29) is 5.97 Å². The molecule has 0 spiro atoms. The third kappa shape index (κ3) is 5.39. The zero-order valence-corrected chi connectivity index (χ0v) is 15.1. The molecule has 0 N–H and O–H groups in total. The molecule has 0 aliphatic carbocycles. The molecular weight excluding hydrogens is 312 g/mol. The maximum atomic E-state index is 12.0. The lowest BCUT2D eigenvalue weighted by Gasteiger charge is -1.97. The summed E-state index contributed by atoms with van der Waals surface area (Å²) in [5, 5.41) is 0. The van der Waals surface area contributed by atoms with Gasteiger partial charge in [0.25, 0.3) is 0 Å². The molecule has 0 saturated carbocycles. The van der Waals surface area contributed by atoms with Crippen LogP contribution in [-0.4, -0.2) is 12.6 Å². The number of esters is 1. The van der Waals surface area contributed by atoms with E-state index in [1.165, 1.54) is 0 Å². The van der Waals surface area contributed by atoms with E-state index < -0.39 is 0 Å². The van der Waals surface area contributed by atoms with E-state index in [1.807, 2.05) is 30.3 Å². The van der Waals surface area contributed by atoms with Crippen LogP contribution in [0.5, 0.6) is 0 Å². The van der Waals surface area contributed by atoms with E-state index >= 15 is 0 Å². The van der Waals surface area contributed by atoms with Crippen molar-refractivity contribution in [3.63, 3.8) is 0 Å². The molecule has 2 aromatic rings. The zero-order chi connectivity index (χ0) is 18.1. The lowest BCUT2D eigenvalue weighted by Crippen LogP contribution is -2.04. The Morgan fingerprint density at radius 2 is 2.00 bits per heavy atom. The first-order chi connectivity index (χ1) is 12.2. The van der Waals surface area contributed by atoms with Crippen molar-refractivity contribution in [3.05, 3.63) is 65.1 Å². The fourth-order valence-corrected chi connectivity index (χ4v) is 2.35. The number of benzene rings is 1. The molecule has 0 saturated heterocycles. The van der Waals surface area contributed by atoms with Gasteiger partial charge in [0, 0.05) is 5.56 Å². The van der Waals surface area contributed by atoms with Gasteiger partial charge >= 0.3 is 5.97 Å². The Morgan fingerprint density at radius 1 is 1.24 bits per heavy atom. The number of hydrogen-bond donors (Lipinski definition) is 0. The van der Waals surface area contributed by atoms with Crippen LogP contribution < -0.4 is 0 Å². The third-order valence-electron chi connectivity index (χ3n) is 3.70. The number of aryl methyl sites for hydroxylation is 1. The Kier molecular flexibility index (Phi) is 7.10. The second-order valence-corrected chi connectivity index (χ2v) is 5.68. The molecular formula is C22H24O3. The van der Waals surface area contributed by atoms with E-state index in [1.54, 1.807) is 19.9 Å². The van der Waals surface area contributed by atoms with Crippen molar-refractivity contribution < 1.29 is 13.9 Å². The lowest BCUT2D eigenvalue weighted by molar-refractivity contribution is 0.0524. The van der Waals surface area contributed by atoms with Crippen molar-refractivity contribution >= 4 is 11.5 Å². The van der Waals surface area contributed by atoms with Gasteiger partial charge in [-0.25, -0.2) is 4.79 Å². The van der Waals surface area contributed by atoms with Gasteiger partial charge in [-0.2, -0.15) is 0 Å². The topological polar surface area (TPSA) is 39.4 Å². The van der Waals surface area contributed by atoms with Gasteiger partial charge in [0.05, 0.1) is 12.2 Å². The normalized spacial score (nSPS) is 10.9. The second-order valence-electron chi connectivity index (χ2n) is 5.68. The van der Waals surface area contributed by atoms with E-state index in [0.29, 0.717) is 23.7 Å². The Morgan fingerprint density at radius 3 is 2.68 bits per heavy atom. The van der Waals surface area contributed by atoms with Crippen molar-refractivity contribution in [3.8, 4) is 11.8 Å². The van der Waals surface area contributed by atoms with Crippen LogP contribution in [0.1, 0.15) is 60.6 Å². The molecule has 3 heteroatoms. The molecule has 0 fully saturated rings. The minimum atomic E-state index is -0.362. The fourth-order valence-electron chi connectivity index (χ4n) is 2.35. The van der Waals surface area contributed by atoms with E-state index in [2.05, 4.69) is 24.8 Å². The molecule has 25 heavy (non-hydrogen) atoms. The first kappa shape index (κ1) is 18.6. The number of rotatable bonds is 6. The predicted octanol–water partition coefficient (Wildman–Crippen LogP) is 5.39. The quantitative estimate of drug-likeness (QED) is 0.403. The van der Waals surface area contributed by atoms with Gasteiger partial charge < -0.3 is 9.15 Å². The predicted molar refractivity (Wildman–Crippen MR) is 100 cm³/mol. The summed E-state index contributed by atoms with van der Waals surface area (Å²) in [6.07, 6.45) is 5.19. The van der Waals surface area contributed by atoms with Crippen molar-refractivity contribution in [1.82, 2.24) is 0 Å². The van der Waals surface area contributed by atoms with Crippen LogP contribution in [0, 0.1) is 18.8 Å². The van der Waals surface area contributed by atoms with Crippen LogP contribution in [0.3, 0.4) is 0 Å². The standard InChI is InChI=1S/C22H24O3/c1-4-6-8-13-19(15-14-18-11-9-7-10-12-18)21-16-20(17(3)25-21)22(23)24-5-2/h7,9-13,16H,4-6,8H2,1-3H3/b19-13-. The molecule has 1 aromatic heterocycles. The fraction of sp³-hybridized carbons (Fsp3) is 0.318. The van der Waals surface area contributed by atoms with Crippen molar-refractivity contribution in [2.45, 2.75) is 40.0 Å². The smallest absolute Gasteiger partial charge is 0.341 e. The van der Waals surface area contributed by atoms with E-state index in [4.69, 9.17) is 9.15 Å². The largest absolute Gasteiger partial charge is 0.462 e. The Hall–Kier alpha value is -2.73. The number of furan rings is 1. The van der Waals surface area contributed by atoms with Crippen LogP contribution in [-0.2, 0) is 4.74 Å². The first-order valence-corrected chi connectivity index (χ1v) is 8.70. The zero-order valence-electron chi connectivity index (χ0n) is 15.1. The summed E-state index contributed by atoms with van der Waals surface area (Å²) >= 11 is 0. The van der Waals surface area contributed by atoms with E-state index in [9.17, 15) is 4.79 Å². The Labute approximate surface area is 149 Å². The van der Waals surface area contributed by atoms with Crippen LogP contribution in [0.25, 0.3) is 5.57 Å². The molecule has 2 rings (SSSR count). The molecule has 0 amide bonds. The molecule has 0 aliphatic heterocycles.